The number of nitrogens with zero attached hydrogens (tertiary/aromatic N) is 2. The van der Waals surface area contributed by atoms with Crippen LogP contribution < -0.4 is 5.32 Å². The van der Waals surface area contributed by atoms with E-state index in [0.29, 0.717) is 5.92 Å². The van der Waals surface area contributed by atoms with Gasteiger partial charge >= 0.3 is 0 Å². The van der Waals surface area contributed by atoms with Crippen molar-refractivity contribution in [2.75, 3.05) is 33.4 Å². The van der Waals surface area contributed by atoms with Gasteiger partial charge in [0.1, 0.15) is 0 Å². The van der Waals surface area contributed by atoms with Crippen LogP contribution in [0.25, 0.3) is 0 Å². The van der Waals surface area contributed by atoms with Gasteiger partial charge in [0.15, 0.2) is 0 Å². The SMILES string of the molecule is CC.CNCc1cn[nH]c1C1CCC(N2CCOCC2)CC1. The van der Waals surface area contributed by atoms with Crippen molar-refractivity contribution in [3.63, 3.8) is 0 Å². The minimum absolute atomic E-state index is 0.665. The summed E-state index contributed by atoms with van der Waals surface area (Å²) in [4.78, 5) is 2.63. The molecule has 3 rings (SSSR count). The van der Waals surface area contributed by atoms with Gasteiger partial charge in [-0.05, 0) is 32.7 Å². The van der Waals surface area contributed by atoms with E-state index >= 15 is 0 Å². The van der Waals surface area contributed by atoms with Gasteiger partial charge in [-0.1, -0.05) is 13.8 Å². The van der Waals surface area contributed by atoms with Crippen LogP contribution in [-0.2, 0) is 11.3 Å². The highest BCUT2D eigenvalue weighted by Gasteiger charge is 2.29. The van der Waals surface area contributed by atoms with Crippen molar-refractivity contribution in [3.05, 3.63) is 17.5 Å². The Labute approximate surface area is 134 Å². The maximum absolute atomic E-state index is 5.45. The van der Waals surface area contributed by atoms with E-state index in [1.807, 2.05) is 27.1 Å². The summed E-state index contributed by atoms with van der Waals surface area (Å²) < 4.78 is 5.45. The molecule has 5 nitrogen and oxygen atoms in total. The van der Waals surface area contributed by atoms with Crippen molar-refractivity contribution in [3.8, 4) is 0 Å². The summed E-state index contributed by atoms with van der Waals surface area (Å²) in [5, 5.41) is 10.7. The van der Waals surface area contributed by atoms with Crippen LogP contribution in [0.15, 0.2) is 6.20 Å². The smallest absolute Gasteiger partial charge is 0.0594 e. The molecule has 2 aliphatic rings. The summed E-state index contributed by atoms with van der Waals surface area (Å²) in [5.74, 6) is 0.665. The van der Waals surface area contributed by atoms with Gasteiger partial charge < -0.3 is 10.1 Å². The number of rotatable bonds is 4. The molecule has 0 radical (unpaired) electrons. The average Bonchev–Trinajstić information content (AvgIpc) is 3.06. The summed E-state index contributed by atoms with van der Waals surface area (Å²) in [7, 11) is 1.99. The van der Waals surface area contributed by atoms with Crippen LogP contribution in [0.1, 0.15) is 56.7 Å². The van der Waals surface area contributed by atoms with E-state index in [2.05, 4.69) is 20.4 Å². The maximum atomic E-state index is 5.45. The fourth-order valence-electron chi connectivity index (χ4n) is 3.68. The topological polar surface area (TPSA) is 53.2 Å². The molecule has 1 saturated heterocycles. The Balaban J connectivity index is 0.000000847. The van der Waals surface area contributed by atoms with E-state index < -0.39 is 0 Å². The quantitative estimate of drug-likeness (QED) is 0.897. The molecule has 22 heavy (non-hydrogen) atoms. The number of aromatic nitrogens is 2. The molecular formula is C17H32N4O. The lowest BCUT2D eigenvalue weighted by Crippen LogP contribution is -2.44. The second kappa shape index (κ2) is 9.28. The van der Waals surface area contributed by atoms with Crippen molar-refractivity contribution < 1.29 is 4.74 Å². The molecular weight excluding hydrogens is 276 g/mol. The van der Waals surface area contributed by atoms with E-state index in [-0.39, 0.29) is 0 Å². The molecule has 2 fully saturated rings. The molecule has 0 unspecified atom stereocenters. The molecule has 1 aliphatic heterocycles. The molecule has 2 N–H and O–H groups in total. The number of aromatic amines is 1. The highest BCUT2D eigenvalue weighted by atomic mass is 16.5. The van der Waals surface area contributed by atoms with Crippen LogP contribution >= 0.6 is 0 Å². The first-order valence-corrected chi connectivity index (χ1v) is 8.87. The molecule has 1 aromatic heterocycles. The van der Waals surface area contributed by atoms with Crippen molar-refractivity contribution in [1.29, 1.82) is 0 Å². The number of morpholine rings is 1. The lowest BCUT2D eigenvalue weighted by molar-refractivity contribution is 0.00719. The highest BCUT2D eigenvalue weighted by molar-refractivity contribution is 5.21. The lowest BCUT2D eigenvalue weighted by Gasteiger charge is -2.38. The van der Waals surface area contributed by atoms with Gasteiger partial charge in [0.2, 0.25) is 0 Å². The summed E-state index contributed by atoms with van der Waals surface area (Å²) in [5.41, 5.74) is 2.70. The van der Waals surface area contributed by atoms with Gasteiger partial charge in [0.25, 0.3) is 0 Å². The molecule has 0 aromatic carbocycles. The van der Waals surface area contributed by atoms with Gasteiger partial charge in [0, 0.05) is 42.9 Å². The molecule has 0 bridgehead atoms. The van der Waals surface area contributed by atoms with Crippen molar-refractivity contribution >= 4 is 0 Å². The van der Waals surface area contributed by atoms with Gasteiger partial charge in [-0.2, -0.15) is 5.10 Å². The molecule has 0 amide bonds. The Morgan fingerprint density at radius 1 is 1.23 bits per heavy atom. The maximum Gasteiger partial charge on any atom is 0.0594 e. The zero-order valence-electron chi connectivity index (χ0n) is 14.4. The highest BCUT2D eigenvalue weighted by Crippen LogP contribution is 2.35. The Kier molecular flexibility index (Phi) is 7.36. The minimum Gasteiger partial charge on any atom is -0.379 e. The number of ether oxygens (including phenoxy) is 1. The van der Waals surface area contributed by atoms with Crippen molar-refractivity contribution in [2.45, 2.75) is 58.0 Å². The van der Waals surface area contributed by atoms with Crippen LogP contribution in [0.3, 0.4) is 0 Å². The largest absolute Gasteiger partial charge is 0.379 e. The van der Waals surface area contributed by atoms with Crippen LogP contribution in [-0.4, -0.2) is 54.5 Å². The van der Waals surface area contributed by atoms with Gasteiger partial charge in [-0.3, -0.25) is 10.00 Å². The van der Waals surface area contributed by atoms with Gasteiger partial charge in [0.05, 0.1) is 19.4 Å². The molecule has 0 atom stereocenters. The molecule has 1 saturated carbocycles. The second-order valence-corrected chi connectivity index (χ2v) is 5.99. The predicted octanol–water partition coefficient (Wildman–Crippen LogP) is 2.51. The first-order valence-electron chi connectivity index (χ1n) is 8.87. The van der Waals surface area contributed by atoms with E-state index in [4.69, 9.17) is 4.74 Å². The molecule has 2 heterocycles. The zero-order chi connectivity index (χ0) is 15.8. The number of hydrogen-bond donors (Lipinski definition) is 2. The molecule has 0 spiro atoms. The third-order valence-electron chi connectivity index (χ3n) is 4.79. The third kappa shape index (κ3) is 4.31. The normalized spacial score (nSPS) is 26.3. The molecule has 1 aromatic rings. The fourth-order valence-corrected chi connectivity index (χ4v) is 3.68. The standard InChI is InChI=1S/C15H26N4O.C2H6/c1-16-10-13-11-17-18-15(13)12-2-4-14(5-3-12)19-6-8-20-9-7-19;1-2/h11-12,14,16H,2-10H2,1H3,(H,17,18);1-2H3. The Morgan fingerprint density at radius 3 is 2.55 bits per heavy atom. The van der Waals surface area contributed by atoms with E-state index in [1.54, 1.807) is 0 Å². The van der Waals surface area contributed by atoms with Crippen LogP contribution in [0, 0.1) is 0 Å². The Bertz CT molecular complexity index is 407. The first-order chi connectivity index (χ1) is 10.9. The van der Waals surface area contributed by atoms with Crippen LogP contribution in [0.2, 0.25) is 0 Å². The average molecular weight is 308 g/mol. The number of H-pyrrole nitrogens is 1. The van der Waals surface area contributed by atoms with Gasteiger partial charge in [-0.15, -0.1) is 0 Å². The Morgan fingerprint density at radius 2 is 1.91 bits per heavy atom. The van der Waals surface area contributed by atoms with E-state index in [1.165, 1.54) is 36.9 Å². The predicted molar refractivity (Wildman–Crippen MR) is 90.1 cm³/mol. The van der Waals surface area contributed by atoms with E-state index in [9.17, 15) is 0 Å². The zero-order valence-corrected chi connectivity index (χ0v) is 14.4. The number of nitrogens with one attached hydrogen (secondary N) is 2. The van der Waals surface area contributed by atoms with E-state index in [0.717, 1.165) is 38.9 Å². The van der Waals surface area contributed by atoms with Gasteiger partial charge in [-0.25, -0.2) is 0 Å². The Hall–Kier alpha value is -0.910. The summed E-state index contributed by atoms with van der Waals surface area (Å²) in [6.45, 7) is 8.96. The van der Waals surface area contributed by atoms with Crippen molar-refractivity contribution in [2.24, 2.45) is 0 Å². The first kappa shape index (κ1) is 17.4. The monoisotopic (exact) mass is 308 g/mol. The molecule has 5 heteroatoms. The lowest BCUT2D eigenvalue weighted by atomic mass is 9.82. The van der Waals surface area contributed by atoms with Crippen molar-refractivity contribution in [1.82, 2.24) is 20.4 Å². The molecule has 1 aliphatic carbocycles. The van der Waals surface area contributed by atoms with Crippen LogP contribution in [0.5, 0.6) is 0 Å². The third-order valence-corrected chi connectivity index (χ3v) is 4.79. The number of hydrogen-bond acceptors (Lipinski definition) is 4. The molecule has 126 valence electrons. The second-order valence-electron chi connectivity index (χ2n) is 5.99. The summed E-state index contributed by atoms with van der Waals surface area (Å²) in [6, 6.07) is 0.769. The summed E-state index contributed by atoms with van der Waals surface area (Å²) >= 11 is 0. The fraction of sp³-hybridized carbons (Fsp3) is 0.824. The van der Waals surface area contributed by atoms with Crippen LogP contribution in [0.4, 0.5) is 0 Å². The minimum atomic E-state index is 0.665. The summed E-state index contributed by atoms with van der Waals surface area (Å²) in [6.07, 6.45) is 7.15.